The summed E-state index contributed by atoms with van der Waals surface area (Å²) in [6, 6.07) is 1.81. The Morgan fingerprint density at radius 1 is 1.19 bits per heavy atom. The van der Waals surface area contributed by atoms with Gasteiger partial charge in [0.15, 0.2) is 11.5 Å². The van der Waals surface area contributed by atoms with E-state index in [9.17, 15) is 23.7 Å². The van der Waals surface area contributed by atoms with Gasteiger partial charge in [-0.05, 0) is 12.3 Å². The molecule has 0 bridgehead atoms. The monoisotopic (exact) mass is 388 g/mol. The van der Waals surface area contributed by atoms with Gasteiger partial charge in [-0.25, -0.2) is 0 Å². The molecule has 0 saturated carbocycles. The minimum Gasteiger partial charge on any atom is -0.493 e. The number of carbonyl (C=O) groups excluding carboxylic acids is 1. The van der Waals surface area contributed by atoms with Crippen LogP contribution in [0.1, 0.15) is 56.3 Å². The number of alkyl halides is 2. The van der Waals surface area contributed by atoms with Gasteiger partial charge in [-0.3, -0.25) is 14.9 Å². The maximum Gasteiger partial charge on any atom is 0.387 e. The molecule has 0 radical (unpaired) electrons. The van der Waals surface area contributed by atoms with Crippen LogP contribution in [-0.2, 0) is 0 Å². The van der Waals surface area contributed by atoms with Crippen LogP contribution in [0.3, 0.4) is 0 Å². The molecule has 0 heterocycles. The quantitative estimate of drug-likeness (QED) is 0.322. The molecule has 1 aromatic rings. The third-order valence-corrected chi connectivity index (χ3v) is 3.93. The number of rotatable bonds is 12. The number of nitrogens with one attached hydrogen (secondary N) is 1. The van der Waals surface area contributed by atoms with Gasteiger partial charge in [-0.2, -0.15) is 8.78 Å². The molecule has 0 saturated heterocycles. The van der Waals surface area contributed by atoms with Crippen LogP contribution in [0.4, 0.5) is 14.5 Å². The first-order chi connectivity index (χ1) is 12.8. The maximum absolute atomic E-state index is 12.4. The van der Waals surface area contributed by atoms with Crippen molar-refractivity contribution in [2.24, 2.45) is 5.92 Å². The molecule has 27 heavy (non-hydrogen) atoms. The Balaban J connectivity index is 2.73. The normalized spacial score (nSPS) is 10.9. The molecule has 152 valence electrons. The second-order valence-corrected chi connectivity index (χ2v) is 6.51. The smallest absolute Gasteiger partial charge is 0.387 e. The summed E-state index contributed by atoms with van der Waals surface area (Å²) in [6.45, 7) is 1.53. The number of benzene rings is 1. The lowest BCUT2D eigenvalue weighted by Gasteiger charge is -2.12. The molecule has 1 aromatic carbocycles. The molecule has 1 rings (SSSR count). The van der Waals surface area contributed by atoms with E-state index in [1.165, 1.54) is 7.11 Å². The fourth-order valence-corrected chi connectivity index (χ4v) is 2.56. The van der Waals surface area contributed by atoms with E-state index in [0.29, 0.717) is 12.5 Å². The third kappa shape index (κ3) is 7.76. The molecular formula is C18H26F2N2O5. The zero-order chi connectivity index (χ0) is 20.4. The van der Waals surface area contributed by atoms with Crippen LogP contribution in [0.25, 0.3) is 0 Å². The van der Waals surface area contributed by atoms with Crippen molar-refractivity contribution in [1.29, 1.82) is 0 Å². The molecular weight excluding hydrogens is 362 g/mol. The molecule has 1 amide bonds. The number of nitro groups is 1. The fraction of sp³-hybridized carbons (Fsp3) is 0.611. The number of hydrogen-bond acceptors (Lipinski definition) is 5. The second kappa shape index (κ2) is 11.3. The molecule has 9 heteroatoms. The van der Waals surface area contributed by atoms with Crippen LogP contribution in [0.15, 0.2) is 12.1 Å². The number of halogens is 2. The molecule has 0 aliphatic rings. The van der Waals surface area contributed by atoms with Crippen molar-refractivity contribution >= 4 is 11.6 Å². The minimum atomic E-state index is -3.17. The van der Waals surface area contributed by atoms with Crippen LogP contribution < -0.4 is 14.8 Å². The van der Waals surface area contributed by atoms with E-state index in [1.54, 1.807) is 0 Å². The Kier molecular flexibility index (Phi) is 9.46. The highest BCUT2D eigenvalue weighted by Gasteiger charge is 2.25. The van der Waals surface area contributed by atoms with E-state index in [4.69, 9.17) is 4.74 Å². The predicted octanol–water partition coefficient (Wildman–Crippen LogP) is 4.54. The molecule has 0 aliphatic heterocycles. The molecule has 1 N–H and O–H groups in total. The number of nitrogens with zero attached hydrogens (tertiary/aromatic N) is 1. The molecule has 0 fully saturated rings. The first-order valence-electron chi connectivity index (χ1n) is 8.85. The summed E-state index contributed by atoms with van der Waals surface area (Å²) in [7, 11) is 1.19. The summed E-state index contributed by atoms with van der Waals surface area (Å²) in [5.41, 5.74) is -0.890. The number of carbonyl (C=O) groups is 1. The van der Waals surface area contributed by atoms with Crippen molar-refractivity contribution in [3.8, 4) is 11.5 Å². The maximum atomic E-state index is 12.4. The van der Waals surface area contributed by atoms with Gasteiger partial charge in [-0.1, -0.05) is 39.5 Å². The largest absolute Gasteiger partial charge is 0.493 e. The molecule has 7 nitrogen and oxygen atoms in total. The van der Waals surface area contributed by atoms with Gasteiger partial charge in [0.1, 0.15) is 5.56 Å². The highest BCUT2D eigenvalue weighted by molar-refractivity contribution is 5.99. The average molecular weight is 388 g/mol. The topological polar surface area (TPSA) is 90.7 Å². The lowest BCUT2D eigenvalue weighted by atomic mass is 10.0. The number of hydrogen-bond donors (Lipinski definition) is 1. The summed E-state index contributed by atoms with van der Waals surface area (Å²) in [5.74, 6) is -0.677. The number of methoxy groups -OCH3 is 1. The lowest BCUT2D eigenvalue weighted by Crippen LogP contribution is -2.25. The summed E-state index contributed by atoms with van der Waals surface area (Å²) in [4.78, 5) is 22.7. The average Bonchev–Trinajstić information content (AvgIpc) is 2.59. The minimum absolute atomic E-state index is 0.181. The van der Waals surface area contributed by atoms with Crippen LogP contribution >= 0.6 is 0 Å². The van der Waals surface area contributed by atoms with Crippen LogP contribution in [0.5, 0.6) is 11.5 Å². The Hall–Kier alpha value is -2.45. The van der Waals surface area contributed by atoms with E-state index in [2.05, 4.69) is 23.9 Å². The number of unbranched alkanes of at least 4 members (excludes halogenated alkanes) is 3. The Labute approximate surface area is 157 Å². The Bertz CT molecular complexity index is 638. The zero-order valence-corrected chi connectivity index (χ0v) is 15.8. The first-order valence-corrected chi connectivity index (χ1v) is 8.85. The molecule has 0 aromatic heterocycles. The van der Waals surface area contributed by atoms with E-state index in [0.717, 1.165) is 44.2 Å². The van der Waals surface area contributed by atoms with Crippen LogP contribution in [0.2, 0.25) is 0 Å². The van der Waals surface area contributed by atoms with Crippen molar-refractivity contribution < 1.29 is 28.0 Å². The SMILES string of the molecule is COc1cc(C(=O)NCCCCCCC(C)C)c([N+](=O)[O-])cc1OC(F)F. The summed E-state index contributed by atoms with van der Waals surface area (Å²) in [5, 5.41) is 13.8. The van der Waals surface area contributed by atoms with E-state index in [-0.39, 0.29) is 11.3 Å². The highest BCUT2D eigenvalue weighted by Crippen LogP contribution is 2.35. The zero-order valence-electron chi connectivity index (χ0n) is 15.8. The fourth-order valence-electron chi connectivity index (χ4n) is 2.56. The van der Waals surface area contributed by atoms with Gasteiger partial charge < -0.3 is 14.8 Å². The third-order valence-electron chi connectivity index (χ3n) is 3.93. The van der Waals surface area contributed by atoms with Gasteiger partial charge in [-0.15, -0.1) is 0 Å². The summed E-state index contributed by atoms with van der Waals surface area (Å²) < 4.78 is 34.0. The lowest BCUT2D eigenvalue weighted by molar-refractivity contribution is -0.385. The van der Waals surface area contributed by atoms with Crippen molar-refractivity contribution in [2.75, 3.05) is 13.7 Å². The van der Waals surface area contributed by atoms with Gasteiger partial charge in [0, 0.05) is 12.6 Å². The summed E-state index contributed by atoms with van der Waals surface area (Å²) >= 11 is 0. The standard InChI is InChI=1S/C18H26F2N2O5/c1-12(2)8-6-4-5-7-9-21-17(23)13-10-15(26-3)16(27-18(19)20)11-14(13)22(24)25/h10-12,18H,4-9H2,1-3H3,(H,21,23). The van der Waals surface area contributed by atoms with Crippen molar-refractivity contribution in [1.82, 2.24) is 5.32 Å². The van der Waals surface area contributed by atoms with E-state index < -0.39 is 28.9 Å². The highest BCUT2D eigenvalue weighted by atomic mass is 19.3. The summed E-state index contributed by atoms with van der Waals surface area (Å²) in [6.07, 6.45) is 5.04. The number of nitro benzene ring substituents is 1. The van der Waals surface area contributed by atoms with Gasteiger partial charge >= 0.3 is 6.61 Å². The van der Waals surface area contributed by atoms with Gasteiger partial charge in [0.25, 0.3) is 11.6 Å². The first kappa shape index (κ1) is 22.6. The van der Waals surface area contributed by atoms with Crippen LogP contribution in [0, 0.1) is 16.0 Å². The predicted molar refractivity (Wildman–Crippen MR) is 96.5 cm³/mol. The van der Waals surface area contributed by atoms with Gasteiger partial charge in [0.05, 0.1) is 18.1 Å². The Morgan fingerprint density at radius 2 is 1.85 bits per heavy atom. The van der Waals surface area contributed by atoms with E-state index in [1.807, 2.05) is 0 Å². The van der Waals surface area contributed by atoms with Crippen molar-refractivity contribution in [2.45, 2.75) is 52.6 Å². The van der Waals surface area contributed by atoms with Gasteiger partial charge in [0.2, 0.25) is 0 Å². The van der Waals surface area contributed by atoms with Crippen LogP contribution in [-0.4, -0.2) is 31.1 Å². The second-order valence-electron chi connectivity index (χ2n) is 6.51. The number of amides is 1. The number of ether oxygens (including phenoxy) is 2. The van der Waals surface area contributed by atoms with E-state index >= 15 is 0 Å². The van der Waals surface area contributed by atoms with Crippen molar-refractivity contribution in [3.63, 3.8) is 0 Å². The van der Waals surface area contributed by atoms with Crippen molar-refractivity contribution in [3.05, 3.63) is 27.8 Å². The molecule has 0 spiro atoms. The Morgan fingerprint density at radius 3 is 2.41 bits per heavy atom. The molecule has 0 aliphatic carbocycles. The molecule has 0 unspecified atom stereocenters. The molecule has 0 atom stereocenters.